The van der Waals surface area contributed by atoms with Crippen molar-refractivity contribution in [1.82, 2.24) is 5.32 Å². The minimum Gasteiger partial charge on any atom is -0.484 e. The van der Waals surface area contributed by atoms with Gasteiger partial charge in [-0.25, -0.2) is 0 Å². The van der Waals surface area contributed by atoms with Gasteiger partial charge in [0.05, 0.1) is 6.61 Å². The highest BCUT2D eigenvalue weighted by molar-refractivity contribution is 5.94. The summed E-state index contributed by atoms with van der Waals surface area (Å²) in [6.07, 6.45) is 0. The van der Waals surface area contributed by atoms with Crippen molar-refractivity contribution in [2.45, 2.75) is 13.0 Å². The highest BCUT2D eigenvalue weighted by atomic mass is 35.5. The van der Waals surface area contributed by atoms with Crippen LogP contribution in [0.25, 0.3) is 0 Å². The van der Waals surface area contributed by atoms with E-state index in [2.05, 4.69) is 10.6 Å². The molecule has 7 nitrogen and oxygen atoms in total. The summed E-state index contributed by atoms with van der Waals surface area (Å²) in [4.78, 5) is 22.9. The molecule has 1 unspecified atom stereocenters. The second-order valence-electron chi connectivity index (χ2n) is 4.32. The van der Waals surface area contributed by atoms with Crippen LogP contribution in [-0.4, -0.2) is 44.7 Å². The number of nitrogens with one attached hydrogen (secondary N) is 2. The van der Waals surface area contributed by atoms with E-state index in [4.69, 9.17) is 15.2 Å². The normalized spacial score (nSPS) is 11.0. The molecule has 2 amide bonds. The van der Waals surface area contributed by atoms with E-state index in [0.717, 1.165) is 0 Å². The van der Waals surface area contributed by atoms with E-state index in [1.165, 1.54) is 7.11 Å². The molecular weight excluding hydrogens is 310 g/mol. The quantitative estimate of drug-likeness (QED) is 0.645. The lowest BCUT2D eigenvalue weighted by Crippen LogP contribution is -2.39. The summed E-state index contributed by atoms with van der Waals surface area (Å²) in [6, 6.07) is 5.95. The zero-order chi connectivity index (χ0) is 15.7. The number of amides is 2. The smallest absolute Gasteiger partial charge is 0.257 e. The van der Waals surface area contributed by atoms with Crippen LogP contribution in [0.3, 0.4) is 0 Å². The molecule has 1 atom stereocenters. The first-order valence-electron chi connectivity index (χ1n) is 6.61. The van der Waals surface area contributed by atoms with Gasteiger partial charge in [-0.3, -0.25) is 9.59 Å². The van der Waals surface area contributed by atoms with E-state index in [0.29, 0.717) is 18.0 Å². The third-order valence-corrected chi connectivity index (χ3v) is 2.55. The van der Waals surface area contributed by atoms with E-state index in [1.54, 1.807) is 24.3 Å². The Kier molecular flexibility index (Phi) is 9.93. The van der Waals surface area contributed by atoms with Crippen molar-refractivity contribution in [3.63, 3.8) is 0 Å². The molecule has 0 saturated carbocycles. The fourth-order valence-electron chi connectivity index (χ4n) is 1.52. The number of halogens is 1. The Hall–Kier alpha value is -1.83. The number of methoxy groups -OCH3 is 1. The van der Waals surface area contributed by atoms with Crippen molar-refractivity contribution in [2.75, 3.05) is 32.2 Å². The molecule has 0 radical (unpaired) electrons. The summed E-state index contributed by atoms with van der Waals surface area (Å²) < 4.78 is 10.1. The first kappa shape index (κ1) is 20.2. The molecule has 0 heterocycles. The van der Waals surface area contributed by atoms with Gasteiger partial charge in [-0.2, -0.15) is 0 Å². The average Bonchev–Trinajstić information content (AvgIpc) is 2.47. The second kappa shape index (κ2) is 10.8. The van der Waals surface area contributed by atoms with Crippen LogP contribution in [-0.2, 0) is 14.3 Å². The number of carbonyl (C=O) groups is 2. The van der Waals surface area contributed by atoms with Gasteiger partial charge in [-0.15, -0.1) is 12.4 Å². The standard InChI is InChI=1S/C14H21N3O4.ClH/c1-3-16-13(18)9-21-11-6-4-10(5-7-11)17-14(19)12(15)8-20-2;/h4-7,12H,3,8-9,15H2,1-2H3,(H,16,18)(H,17,19);1H. The zero-order valence-electron chi connectivity index (χ0n) is 12.6. The van der Waals surface area contributed by atoms with Gasteiger partial charge >= 0.3 is 0 Å². The number of hydrogen-bond acceptors (Lipinski definition) is 5. The molecule has 22 heavy (non-hydrogen) atoms. The molecule has 0 aromatic heterocycles. The number of likely N-dealkylation sites (N-methyl/N-ethyl adjacent to an activating group) is 1. The highest BCUT2D eigenvalue weighted by Gasteiger charge is 2.12. The third kappa shape index (κ3) is 7.26. The lowest BCUT2D eigenvalue weighted by atomic mass is 10.2. The number of nitrogens with two attached hydrogens (primary N) is 1. The van der Waals surface area contributed by atoms with Gasteiger partial charge in [0.2, 0.25) is 5.91 Å². The van der Waals surface area contributed by atoms with Gasteiger partial charge < -0.3 is 25.8 Å². The van der Waals surface area contributed by atoms with Crippen LogP contribution in [0.4, 0.5) is 5.69 Å². The Bertz CT molecular complexity index is 468. The van der Waals surface area contributed by atoms with Crippen molar-refractivity contribution in [3.8, 4) is 5.75 Å². The van der Waals surface area contributed by atoms with Crippen molar-refractivity contribution in [2.24, 2.45) is 5.73 Å². The average molecular weight is 332 g/mol. The Balaban J connectivity index is 0.00000441. The Morgan fingerprint density at radius 3 is 2.45 bits per heavy atom. The predicted molar refractivity (Wildman–Crippen MR) is 86.3 cm³/mol. The minimum atomic E-state index is -0.719. The van der Waals surface area contributed by atoms with Crippen molar-refractivity contribution >= 4 is 29.9 Å². The van der Waals surface area contributed by atoms with Crippen LogP contribution in [0.2, 0.25) is 0 Å². The van der Waals surface area contributed by atoms with Crippen molar-refractivity contribution in [1.29, 1.82) is 0 Å². The molecule has 1 aromatic carbocycles. The van der Waals surface area contributed by atoms with Gasteiger partial charge in [-0.05, 0) is 31.2 Å². The van der Waals surface area contributed by atoms with Gasteiger partial charge in [0, 0.05) is 19.3 Å². The summed E-state index contributed by atoms with van der Waals surface area (Å²) >= 11 is 0. The summed E-state index contributed by atoms with van der Waals surface area (Å²) in [7, 11) is 1.48. The predicted octanol–water partition coefficient (Wildman–Crippen LogP) is 0.536. The number of rotatable bonds is 8. The molecule has 0 fully saturated rings. The van der Waals surface area contributed by atoms with Crippen molar-refractivity contribution in [3.05, 3.63) is 24.3 Å². The molecule has 1 aromatic rings. The summed E-state index contributed by atoms with van der Waals surface area (Å²) in [5.74, 6) is 0.0358. The molecule has 0 bridgehead atoms. The summed E-state index contributed by atoms with van der Waals surface area (Å²) in [5.41, 5.74) is 6.20. The van der Waals surface area contributed by atoms with Crippen molar-refractivity contribution < 1.29 is 19.1 Å². The molecular formula is C14H22ClN3O4. The summed E-state index contributed by atoms with van der Waals surface area (Å²) in [5, 5.41) is 5.29. The molecule has 1 rings (SSSR count). The number of hydrogen-bond donors (Lipinski definition) is 3. The lowest BCUT2D eigenvalue weighted by molar-refractivity contribution is -0.123. The van der Waals surface area contributed by atoms with E-state index in [-0.39, 0.29) is 37.4 Å². The van der Waals surface area contributed by atoms with E-state index in [1.807, 2.05) is 6.92 Å². The number of carbonyl (C=O) groups excluding carboxylic acids is 2. The van der Waals surface area contributed by atoms with Crippen LogP contribution in [0, 0.1) is 0 Å². The van der Waals surface area contributed by atoms with Gasteiger partial charge in [-0.1, -0.05) is 0 Å². The Morgan fingerprint density at radius 1 is 1.27 bits per heavy atom. The van der Waals surface area contributed by atoms with Gasteiger partial charge in [0.15, 0.2) is 6.61 Å². The Labute approximate surface area is 135 Å². The van der Waals surface area contributed by atoms with Crippen LogP contribution in [0.5, 0.6) is 5.75 Å². The highest BCUT2D eigenvalue weighted by Crippen LogP contribution is 2.15. The molecule has 8 heteroatoms. The lowest BCUT2D eigenvalue weighted by Gasteiger charge is -2.12. The largest absolute Gasteiger partial charge is 0.484 e. The van der Waals surface area contributed by atoms with E-state index < -0.39 is 6.04 Å². The fraction of sp³-hybridized carbons (Fsp3) is 0.429. The molecule has 0 aliphatic rings. The first-order valence-corrected chi connectivity index (χ1v) is 6.61. The minimum absolute atomic E-state index is 0. The summed E-state index contributed by atoms with van der Waals surface area (Å²) in [6.45, 7) is 2.51. The van der Waals surface area contributed by atoms with Gasteiger partial charge in [0.1, 0.15) is 11.8 Å². The molecule has 0 saturated heterocycles. The topological polar surface area (TPSA) is 103 Å². The van der Waals surface area contributed by atoms with Crippen LogP contribution in [0.15, 0.2) is 24.3 Å². The molecule has 124 valence electrons. The molecule has 0 aliphatic carbocycles. The van der Waals surface area contributed by atoms with E-state index in [9.17, 15) is 9.59 Å². The Morgan fingerprint density at radius 2 is 1.91 bits per heavy atom. The second-order valence-corrected chi connectivity index (χ2v) is 4.32. The number of anilines is 1. The maximum absolute atomic E-state index is 11.7. The number of ether oxygens (including phenoxy) is 2. The maximum atomic E-state index is 11.7. The monoisotopic (exact) mass is 331 g/mol. The SMILES string of the molecule is CCNC(=O)COc1ccc(NC(=O)C(N)COC)cc1.Cl. The fourth-order valence-corrected chi connectivity index (χ4v) is 1.52. The molecule has 4 N–H and O–H groups in total. The van der Waals surface area contributed by atoms with Crippen LogP contribution >= 0.6 is 12.4 Å². The van der Waals surface area contributed by atoms with Gasteiger partial charge in [0.25, 0.3) is 5.91 Å². The molecule has 0 spiro atoms. The van der Waals surface area contributed by atoms with Crippen LogP contribution < -0.4 is 21.1 Å². The maximum Gasteiger partial charge on any atom is 0.257 e. The first-order chi connectivity index (χ1) is 10.1. The number of benzene rings is 1. The zero-order valence-corrected chi connectivity index (χ0v) is 13.4. The molecule has 0 aliphatic heterocycles. The van der Waals surface area contributed by atoms with Crippen LogP contribution in [0.1, 0.15) is 6.92 Å². The van der Waals surface area contributed by atoms with E-state index >= 15 is 0 Å². The third-order valence-electron chi connectivity index (χ3n) is 2.55.